The highest BCUT2D eigenvalue weighted by molar-refractivity contribution is 7.99. The third-order valence-corrected chi connectivity index (χ3v) is 4.05. The van der Waals surface area contributed by atoms with E-state index < -0.39 is 0 Å². The number of aliphatic hydroxyl groups excluding tert-OH is 1. The number of hydrogen-bond donors (Lipinski definition) is 1. The summed E-state index contributed by atoms with van der Waals surface area (Å²) in [6.07, 6.45) is 0.0984. The Bertz CT molecular complexity index is 166. The van der Waals surface area contributed by atoms with Crippen LogP contribution in [0.1, 0.15) is 13.8 Å². The monoisotopic (exact) mass is 219 g/mol. The Morgan fingerprint density at radius 2 is 2.29 bits per heavy atom. The van der Waals surface area contributed by atoms with Gasteiger partial charge < -0.3 is 14.7 Å². The van der Waals surface area contributed by atoms with Gasteiger partial charge in [-0.05, 0) is 14.0 Å². The minimum Gasteiger partial charge on any atom is -0.392 e. The molecule has 1 aliphatic heterocycles. The molecule has 1 heterocycles. The summed E-state index contributed by atoms with van der Waals surface area (Å²) in [5.41, 5.74) is 0. The predicted molar refractivity (Wildman–Crippen MR) is 60.8 cm³/mol. The number of likely N-dealkylation sites (N-methyl/N-ethyl adjacent to an activating group) is 1. The molecular formula is C10H21NO2S. The van der Waals surface area contributed by atoms with Gasteiger partial charge in [0.1, 0.15) is 0 Å². The van der Waals surface area contributed by atoms with Crippen LogP contribution < -0.4 is 0 Å². The summed E-state index contributed by atoms with van der Waals surface area (Å²) in [5, 5.41) is 9.63. The van der Waals surface area contributed by atoms with Crippen molar-refractivity contribution in [2.45, 2.75) is 31.3 Å². The van der Waals surface area contributed by atoms with Gasteiger partial charge in [-0.3, -0.25) is 0 Å². The van der Waals surface area contributed by atoms with Crippen molar-refractivity contribution >= 4 is 11.8 Å². The second-order valence-electron chi connectivity index (χ2n) is 4.03. The number of nitrogens with zero attached hydrogens (tertiary/aromatic N) is 1. The zero-order valence-electron chi connectivity index (χ0n) is 9.27. The minimum atomic E-state index is -0.235. The summed E-state index contributed by atoms with van der Waals surface area (Å²) in [4.78, 5) is 2.29. The van der Waals surface area contributed by atoms with Gasteiger partial charge in [0, 0.05) is 24.1 Å². The molecule has 0 aromatic carbocycles. The fraction of sp³-hybridized carbons (Fsp3) is 1.00. The average molecular weight is 219 g/mol. The Balaban J connectivity index is 2.17. The van der Waals surface area contributed by atoms with Crippen molar-refractivity contribution < 1.29 is 9.84 Å². The van der Waals surface area contributed by atoms with Crippen LogP contribution in [-0.4, -0.2) is 60.0 Å². The van der Waals surface area contributed by atoms with Crippen LogP contribution in [0.25, 0.3) is 0 Å². The molecule has 1 N–H and O–H groups in total. The van der Waals surface area contributed by atoms with Gasteiger partial charge in [-0.25, -0.2) is 0 Å². The number of aliphatic hydroxyl groups is 1. The molecule has 1 rings (SSSR count). The topological polar surface area (TPSA) is 32.7 Å². The van der Waals surface area contributed by atoms with Crippen LogP contribution >= 0.6 is 11.8 Å². The lowest BCUT2D eigenvalue weighted by Crippen LogP contribution is -2.41. The molecule has 0 aromatic heterocycles. The first-order valence-electron chi connectivity index (χ1n) is 5.19. The van der Waals surface area contributed by atoms with Crippen LogP contribution in [-0.2, 0) is 4.74 Å². The van der Waals surface area contributed by atoms with Crippen molar-refractivity contribution in [2.24, 2.45) is 0 Å². The van der Waals surface area contributed by atoms with Gasteiger partial charge in [0.05, 0.1) is 18.8 Å². The van der Waals surface area contributed by atoms with E-state index in [9.17, 15) is 5.11 Å². The molecule has 1 fully saturated rings. The average Bonchev–Trinajstić information content (AvgIpc) is 2.14. The molecule has 1 saturated heterocycles. The molecule has 4 heteroatoms. The van der Waals surface area contributed by atoms with E-state index in [1.54, 1.807) is 11.8 Å². The summed E-state index contributed by atoms with van der Waals surface area (Å²) in [5.74, 6) is 0.983. The van der Waals surface area contributed by atoms with Gasteiger partial charge in [-0.1, -0.05) is 6.92 Å². The fourth-order valence-corrected chi connectivity index (χ4v) is 2.36. The molecule has 0 saturated carbocycles. The molecule has 1 aliphatic rings. The van der Waals surface area contributed by atoms with Gasteiger partial charge in [0.2, 0.25) is 0 Å². The number of thioether (sulfide) groups is 1. The van der Waals surface area contributed by atoms with Crippen LogP contribution in [0.4, 0.5) is 0 Å². The largest absolute Gasteiger partial charge is 0.392 e. The quantitative estimate of drug-likeness (QED) is 0.759. The first-order valence-corrected chi connectivity index (χ1v) is 6.24. The van der Waals surface area contributed by atoms with E-state index in [2.05, 4.69) is 18.9 Å². The van der Waals surface area contributed by atoms with Crippen LogP contribution in [0.2, 0.25) is 0 Å². The summed E-state index contributed by atoms with van der Waals surface area (Å²) in [6.45, 7) is 6.78. The van der Waals surface area contributed by atoms with Crippen LogP contribution in [0.15, 0.2) is 0 Å². The van der Waals surface area contributed by atoms with Crippen molar-refractivity contribution in [3.63, 3.8) is 0 Å². The van der Waals surface area contributed by atoms with E-state index in [1.165, 1.54) is 0 Å². The smallest absolute Gasteiger partial charge is 0.0792 e. The molecular weight excluding hydrogens is 198 g/mol. The SMILES string of the molecule is CC(O)C(C)SCC1CN(C)CCO1. The molecule has 0 amide bonds. The van der Waals surface area contributed by atoms with Gasteiger partial charge >= 0.3 is 0 Å². The maximum absolute atomic E-state index is 9.33. The molecule has 84 valence electrons. The Hall–Kier alpha value is 0.230. The Labute approximate surface area is 90.8 Å². The van der Waals surface area contributed by atoms with E-state index in [-0.39, 0.29) is 6.10 Å². The molecule has 0 bridgehead atoms. The van der Waals surface area contributed by atoms with E-state index in [0.29, 0.717) is 11.4 Å². The normalized spacial score (nSPS) is 28.7. The van der Waals surface area contributed by atoms with E-state index in [1.807, 2.05) is 6.92 Å². The third-order valence-electron chi connectivity index (χ3n) is 2.57. The lowest BCUT2D eigenvalue weighted by Gasteiger charge is -2.30. The highest BCUT2D eigenvalue weighted by atomic mass is 32.2. The second kappa shape index (κ2) is 5.95. The zero-order valence-corrected chi connectivity index (χ0v) is 10.1. The number of rotatable bonds is 4. The number of morpholine rings is 1. The van der Waals surface area contributed by atoms with Crippen molar-refractivity contribution in [3.05, 3.63) is 0 Å². The fourth-order valence-electron chi connectivity index (χ4n) is 1.37. The van der Waals surface area contributed by atoms with Crippen molar-refractivity contribution in [1.82, 2.24) is 4.90 Å². The first kappa shape index (κ1) is 12.3. The van der Waals surface area contributed by atoms with Gasteiger partial charge in [-0.15, -0.1) is 0 Å². The molecule has 3 atom stereocenters. The molecule has 0 radical (unpaired) electrons. The van der Waals surface area contributed by atoms with Crippen LogP contribution in [0.3, 0.4) is 0 Å². The second-order valence-corrected chi connectivity index (χ2v) is 5.44. The van der Waals surface area contributed by atoms with Crippen LogP contribution in [0.5, 0.6) is 0 Å². The van der Waals surface area contributed by atoms with Crippen molar-refractivity contribution in [2.75, 3.05) is 32.5 Å². The summed E-state index contributed by atoms with van der Waals surface area (Å²) < 4.78 is 5.63. The van der Waals surface area contributed by atoms with Gasteiger partial charge in [-0.2, -0.15) is 11.8 Å². The van der Waals surface area contributed by atoms with Crippen molar-refractivity contribution in [1.29, 1.82) is 0 Å². The Morgan fingerprint density at radius 1 is 1.57 bits per heavy atom. The molecule has 3 unspecified atom stereocenters. The summed E-state index contributed by atoms with van der Waals surface area (Å²) in [7, 11) is 2.12. The lowest BCUT2D eigenvalue weighted by molar-refractivity contribution is -0.00608. The number of hydrogen-bond acceptors (Lipinski definition) is 4. The van der Waals surface area contributed by atoms with E-state index in [4.69, 9.17) is 4.74 Å². The van der Waals surface area contributed by atoms with E-state index >= 15 is 0 Å². The van der Waals surface area contributed by atoms with E-state index in [0.717, 1.165) is 25.4 Å². The zero-order chi connectivity index (χ0) is 10.6. The predicted octanol–water partition coefficient (Wildman–Crippen LogP) is 0.819. The maximum atomic E-state index is 9.33. The standard InChI is InChI=1S/C10H21NO2S/c1-8(12)9(2)14-7-10-6-11(3)4-5-13-10/h8-10,12H,4-7H2,1-3H3. The Kier molecular flexibility index (Phi) is 5.23. The molecule has 0 spiro atoms. The molecule has 0 aromatic rings. The highest BCUT2D eigenvalue weighted by Gasteiger charge is 2.19. The maximum Gasteiger partial charge on any atom is 0.0792 e. The third kappa shape index (κ3) is 4.17. The molecule has 14 heavy (non-hydrogen) atoms. The Morgan fingerprint density at radius 3 is 2.86 bits per heavy atom. The van der Waals surface area contributed by atoms with Gasteiger partial charge in [0.25, 0.3) is 0 Å². The molecule has 0 aliphatic carbocycles. The van der Waals surface area contributed by atoms with Crippen LogP contribution in [0, 0.1) is 0 Å². The minimum absolute atomic E-state index is 0.235. The summed E-state index contributed by atoms with van der Waals surface area (Å²) in [6, 6.07) is 0. The lowest BCUT2D eigenvalue weighted by atomic mass is 10.3. The number of ether oxygens (including phenoxy) is 1. The van der Waals surface area contributed by atoms with Crippen molar-refractivity contribution in [3.8, 4) is 0 Å². The summed E-state index contributed by atoms with van der Waals surface area (Å²) >= 11 is 1.79. The first-order chi connectivity index (χ1) is 6.59. The highest BCUT2D eigenvalue weighted by Crippen LogP contribution is 2.18. The van der Waals surface area contributed by atoms with Gasteiger partial charge in [0.15, 0.2) is 0 Å². The molecule has 3 nitrogen and oxygen atoms in total.